The average Bonchev–Trinajstić information content (AvgIpc) is 3.55. The van der Waals surface area contributed by atoms with Crippen molar-refractivity contribution in [1.82, 2.24) is 15.2 Å². The number of ether oxygens (including phenoxy) is 1. The highest BCUT2D eigenvalue weighted by Gasteiger charge is 2.35. The van der Waals surface area contributed by atoms with E-state index >= 15 is 0 Å². The molecule has 1 N–H and O–H groups in total. The molecule has 1 fully saturated rings. The number of nitrogens with one attached hydrogen (secondary N) is 1. The van der Waals surface area contributed by atoms with E-state index in [4.69, 9.17) is 4.74 Å². The van der Waals surface area contributed by atoms with Crippen molar-refractivity contribution in [2.75, 3.05) is 6.61 Å². The Morgan fingerprint density at radius 1 is 1.15 bits per heavy atom. The summed E-state index contributed by atoms with van der Waals surface area (Å²) in [6.45, 7) is 2.67. The van der Waals surface area contributed by atoms with E-state index in [0.29, 0.717) is 17.9 Å². The first-order valence-corrected chi connectivity index (χ1v) is 12.8. The van der Waals surface area contributed by atoms with Crippen molar-refractivity contribution in [2.45, 2.75) is 57.7 Å². The van der Waals surface area contributed by atoms with Gasteiger partial charge >= 0.3 is 0 Å². The van der Waals surface area contributed by atoms with E-state index < -0.39 is 6.04 Å². The third-order valence-corrected chi connectivity index (χ3v) is 6.95. The van der Waals surface area contributed by atoms with E-state index in [1.54, 1.807) is 28.6 Å². The molecule has 6 nitrogen and oxygen atoms in total. The maximum absolute atomic E-state index is 13.8. The predicted molar refractivity (Wildman–Crippen MR) is 134 cm³/mol. The first-order valence-electron chi connectivity index (χ1n) is 11.9. The second-order valence-corrected chi connectivity index (χ2v) is 9.53. The van der Waals surface area contributed by atoms with Crippen molar-refractivity contribution in [3.63, 3.8) is 0 Å². The molecule has 0 bridgehead atoms. The topological polar surface area (TPSA) is 71.5 Å². The van der Waals surface area contributed by atoms with E-state index in [1.807, 2.05) is 60.8 Å². The lowest BCUT2D eigenvalue weighted by Gasteiger charge is -2.33. The number of aromatic nitrogens is 1. The standard InChI is InChI=1S/C27H31N3O3S/c1-2-33-24-14-6-5-13-23(24)26(27(32)29-21-10-3-4-11-21)30(19-20-9-7-15-28-18-20)25(31)17-22-12-8-16-34-22/h5-9,12-16,18,21,26H,2-4,10-11,17,19H2,1H3,(H,29,32). The fraction of sp³-hybridized carbons (Fsp3) is 0.370. The number of carbonyl (C=O) groups excluding carboxylic acids is 2. The summed E-state index contributed by atoms with van der Waals surface area (Å²) in [4.78, 5) is 34.4. The van der Waals surface area contributed by atoms with Gasteiger partial charge in [-0.25, -0.2) is 0 Å². The summed E-state index contributed by atoms with van der Waals surface area (Å²) >= 11 is 1.54. The Kier molecular flexibility index (Phi) is 8.31. The maximum atomic E-state index is 13.8. The molecule has 7 heteroatoms. The molecule has 1 aliphatic carbocycles. The molecule has 1 atom stereocenters. The molecular weight excluding hydrogens is 446 g/mol. The highest BCUT2D eigenvalue weighted by Crippen LogP contribution is 2.33. The van der Waals surface area contributed by atoms with Gasteiger partial charge in [-0.05, 0) is 48.9 Å². The molecule has 4 rings (SSSR count). The Morgan fingerprint density at radius 3 is 2.68 bits per heavy atom. The molecule has 34 heavy (non-hydrogen) atoms. The second kappa shape index (κ2) is 11.8. The van der Waals surface area contributed by atoms with Gasteiger partial charge in [-0.3, -0.25) is 14.6 Å². The molecule has 1 saturated carbocycles. The first-order chi connectivity index (χ1) is 16.7. The minimum Gasteiger partial charge on any atom is -0.494 e. The highest BCUT2D eigenvalue weighted by atomic mass is 32.1. The fourth-order valence-corrected chi connectivity index (χ4v) is 5.17. The number of benzene rings is 1. The molecule has 2 heterocycles. The van der Waals surface area contributed by atoms with Crippen LogP contribution in [-0.2, 0) is 22.6 Å². The maximum Gasteiger partial charge on any atom is 0.247 e. The van der Waals surface area contributed by atoms with Crippen LogP contribution in [0.4, 0.5) is 0 Å². The zero-order valence-electron chi connectivity index (χ0n) is 19.5. The van der Waals surface area contributed by atoms with Gasteiger partial charge in [0.2, 0.25) is 11.8 Å². The molecule has 178 valence electrons. The largest absolute Gasteiger partial charge is 0.494 e. The van der Waals surface area contributed by atoms with Gasteiger partial charge in [0.1, 0.15) is 11.8 Å². The van der Waals surface area contributed by atoms with E-state index in [-0.39, 0.29) is 30.8 Å². The second-order valence-electron chi connectivity index (χ2n) is 8.50. The van der Waals surface area contributed by atoms with Crippen molar-refractivity contribution in [1.29, 1.82) is 0 Å². The summed E-state index contributed by atoms with van der Waals surface area (Å²) in [7, 11) is 0. The molecule has 0 spiro atoms. The molecule has 1 aliphatic rings. The molecular formula is C27H31N3O3S. The molecule has 3 aromatic rings. The summed E-state index contributed by atoms with van der Waals surface area (Å²) in [5.74, 6) is 0.350. The monoisotopic (exact) mass is 477 g/mol. The third kappa shape index (κ3) is 6.03. The summed E-state index contributed by atoms with van der Waals surface area (Å²) in [5.41, 5.74) is 1.57. The lowest BCUT2D eigenvalue weighted by atomic mass is 10.0. The van der Waals surface area contributed by atoms with Gasteiger partial charge in [0.05, 0.1) is 13.0 Å². The minimum absolute atomic E-state index is 0.107. The van der Waals surface area contributed by atoms with Gasteiger partial charge in [0.25, 0.3) is 0 Å². The van der Waals surface area contributed by atoms with Crippen LogP contribution in [0.2, 0.25) is 0 Å². The zero-order chi connectivity index (χ0) is 23.8. The van der Waals surface area contributed by atoms with Gasteiger partial charge in [-0.1, -0.05) is 43.2 Å². The summed E-state index contributed by atoms with van der Waals surface area (Å²) in [5, 5.41) is 5.19. The lowest BCUT2D eigenvalue weighted by Crippen LogP contribution is -2.46. The SMILES string of the molecule is CCOc1ccccc1C(C(=O)NC1CCCC1)N(Cc1cccnc1)C(=O)Cc1cccs1. The summed E-state index contributed by atoms with van der Waals surface area (Å²) in [6, 6.07) is 14.5. The normalized spacial score (nSPS) is 14.5. The van der Waals surface area contributed by atoms with E-state index in [0.717, 1.165) is 36.1 Å². The van der Waals surface area contributed by atoms with E-state index in [1.165, 1.54) is 0 Å². The minimum atomic E-state index is -0.809. The smallest absolute Gasteiger partial charge is 0.247 e. The molecule has 2 amide bonds. The first kappa shape index (κ1) is 24.0. The van der Waals surface area contributed by atoms with Crippen molar-refractivity contribution < 1.29 is 14.3 Å². The highest BCUT2D eigenvalue weighted by molar-refractivity contribution is 7.10. The predicted octanol–water partition coefficient (Wildman–Crippen LogP) is 4.91. The van der Waals surface area contributed by atoms with Gasteiger partial charge in [-0.15, -0.1) is 11.3 Å². The Labute approximate surface area is 205 Å². The van der Waals surface area contributed by atoms with Crippen molar-refractivity contribution in [3.05, 3.63) is 82.3 Å². The van der Waals surface area contributed by atoms with Crippen molar-refractivity contribution in [3.8, 4) is 5.75 Å². The number of amides is 2. The van der Waals surface area contributed by atoms with Crippen LogP contribution in [-0.4, -0.2) is 34.3 Å². The van der Waals surface area contributed by atoms with E-state index in [9.17, 15) is 9.59 Å². The number of carbonyl (C=O) groups is 2. The Morgan fingerprint density at radius 2 is 1.97 bits per heavy atom. The van der Waals surface area contributed by atoms with E-state index in [2.05, 4.69) is 10.3 Å². The molecule has 0 saturated heterocycles. The Bertz CT molecular complexity index is 1070. The van der Waals surface area contributed by atoms with Crippen LogP contribution in [0.3, 0.4) is 0 Å². The Hall–Kier alpha value is -3.19. The fourth-order valence-electron chi connectivity index (χ4n) is 4.47. The van der Waals surface area contributed by atoms with Crippen LogP contribution in [0.1, 0.15) is 54.7 Å². The number of para-hydroxylation sites is 1. The van der Waals surface area contributed by atoms with Crippen LogP contribution in [0, 0.1) is 0 Å². The van der Waals surface area contributed by atoms with Crippen molar-refractivity contribution >= 4 is 23.2 Å². The number of thiophene rings is 1. The molecule has 0 radical (unpaired) electrons. The van der Waals surface area contributed by atoms with Crippen LogP contribution >= 0.6 is 11.3 Å². The van der Waals surface area contributed by atoms with Crippen LogP contribution in [0.25, 0.3) is 0 Å². The van der Waals surface area contributed by atoms with Crippen molar-refractivity contribution in [2.24, 2.45) is 0 Å². The van der Waals surface area contributed by atoms with Crippen LogP contribution in [0.5, 0.6) is 5.75 Å². The third-order valence-electron chi connectivity index (χ3n) is 6.08. The van der Waals surface area contributed by atoms with Gasteiger partial charge < -0.3 is 15.0 Å². The number of hydrogen-bond acceptors (Lipinski definition) is 5. The number of pyridine rings is 1. The Balaban J connectivity index is 1.73. The molecule has 0 aliphatic heterocycles. The molecule has 1 unspecified atom stereocenters. The number of hydrogen-bond donors (Lipinski definition) is 1. The average molecular weight is 478 g/mol. The molecule has 2 aromatic heterocycles. The van der Waals surface area contributed by atoms with Gasteiger partial charge in [0.15, 0.2) is 0 Å². The van der Waals surface area contributed by atoms with Gasteiger partial charge in [-0.2, -0.15) is 0 Å². The van der Waals surface area contributed by atoms with Crippen LogP contribution in [0.15, 0.2) is 66.3 Å². The zero-order valence-corrected chi connectivity index (χ0v) is 20.3. The number of nitrogens with zero attached hydrogens (tertiary/aromatic N) is 2. The summed E-state index contributed by atoms with van der Waals surface area (Å²) in [6.07, 6.45) is 7.85. The quantitative estimate of drug-likeness (QED) is 0.450. The molecule has 1 aromatic carbocycles. The van der Waals surface area contributed by atoms with Crippen LogP contribution < -0.4 is 10.1 Å². The van der Waals surface area contributed by atoms with Gasteiger partial charge in [0, 0.05) is 35.4 Å². The summed E-state index contributed by atoms with van der Waals surface area (Å²) < 4.78 is 5.90. The number of rotatable bonds is 10. The lowest BCUT2D eigenvalue weighted by molar-refractivity contribution is -0.141.